The molecule has 18 heavy (non-hydrogen) atoms. The summed E-state index contributed by atoms with van der Waals surface area (Å²) >= 11 is 0. The molecule has 1 aromatic carbocycles. The minimum absolute atomic E-state index is 0.321. The van der Waals surface area contributed by atoms with Crippen molar-refractivity contribution in [2.75, 3.05) is 7.11 Å². The van der Waals surface area contributed by atoms with E-state index >= 15 is 0 Å². The number of hydrogen-bond acceptors (Lipinski definition) is 4. The molecule has 0 spiro atoms. The second-order valence-corrected chi connectivity index (χ2v) is 4.91. The van der Waals surface area contributed by atoms with Gasteiger partial charge in [0, 0.05) is 5.92 Å². The molecule has 1 fully saturated rings. The van der Waals surface area contributed by atoms with Crippen LogP contribution in [0.25, 0.3) is 0 Å². The van der Waals surface area contributed by atoms with Crippen LogP contribution in [-0.4, -0.2) is 24.6 Å². The average Bonchev–Trinajstić information content (AvgIpc) is 2.58. The molecule has 0 amide bonds. The Kier molecular flexibility index (Phi) is 3.11. The zero-order valence-corrected chi connectivity index (χ0v) is 10.7. The average molecular weight is 248 g/mol. The van der Waals surface area contributed by atoms with Gasteiger partial charge in [0.2, 0.25) is 0 Å². The monoisotopic (exact) mass is 248 g/mol. The van der Waals surface area contributed by atoms with Gasteiger partial charge in [0.25, 0.3) is 0 Å². The van der Waals surface area contributed by atoms with Gasteiger partial charge < -0.3 is 9.47 Å². The molecular formula is C14H16O4. The maximum Gasteiger partial charge on any atom is 0.321 e. The predicted octanol–water partition coefficient (Wildman–Crippen LogP) is 1.89. The predicted molar refractivity (Wildman–Crippen MR) is 64.9 cm³/mol. The number of benzene rings is 1. The maximum atomic E-state index is 11.9. The lowest BCUT2D eigenvalue weighted by molar-refractivity contribution is -0.156. The summed E-state index contributed by atoms with van der Waals surface area (Å²) in [5.74, 6) is -2.26. The van der Waals surface area contributed by atoms with Crippen LogP contribution in [0.2, 0.25) is 0 Å². The van der Waals surface area contributed by atoms with E-state index in [9.17, 15) is 9.59 Å². The molecule has 0 saturated carbocycles. The van der Waals surface area contributed by atoms with Gasteiger partial charge in [0.05, 0.1) is 7.11 Å². The van der Waals surface area contributed by atoms with Crippen molar-refractivity contribution in [3.63, 3.8) is 0 Å². The van der Waals surface area contributed by atoms with Crippen LogP contribution in [0.1, 0.15) is 25.3 Å². The molecule has 2 rings (SSSR count). The summed E-state index contributed by atoms with van der Waals surface area (Å²) in [4.78, 5) is 23.6. The molecule has 1 aliphatic heterocycles. The Morgan fingerprint density at radius 3 is 2.44 bits per heavy atom. The highest BCUT2D eigenvalue weighted by atomic mass is 16.6. The van der Waals surface area contributed by atoms with Crippen molar-refractivity contribution in [2.45, 2.75) is 25.4 Å². The largest absolute Gasteiger partial charge is 0.468 e. The molecular weight excluding hydrogens is 232 g/mol. The zero-order chi connectivity index (χ0) is 13.3. The topological polar surface area (TPSA) is 52.6 Å². The van der Waals surface area contributed by atoms with E-state index in [4.69, 9.17) is 9.47 Å². The van der Waals surface area contributed by atoms with E-state index in [0.717, 1.165) is 5.56 Å². The molecule has 1 heterocycles. The first-order chi connectivity index (χ1) is 8.47. The van der Waals surface area contributed by atoms with E-state index in [1.807, 2.05) is 44.2 Å². The van der Waals surface area contributed by atoms with E-state index < -0.39 is 23.5 Å². The van der Waals surface area contributed by atoms with E-state index in [-0.39, 0.29) is 5.92 Å². The van der Waals surface area contributed by atoms with Crippen molar-refractivity contribution in [3.05, 3.63) is 35.9 Å². The third-order valence-corrected chi connectivity index (χ3v) is 3.31. The number of ether oxygens (including phenoxy) is 2. The van der Waals surface area contributed by atoms with Crippen molar-refractivity contribution in [3.8, 4) is 0 Å². The second kappa shape index (κ2) is 4.44. The van der Waals surface area contributed by atoms with Crippen LogP contribution in [0.3, 0.4) is 0 Å². The number of hydrogen-bond donors (Lipinski definition) is 0. The van der Waals surface area contributed by atoms with Crippen LogP contribution in [0, 0.1) is 5.92 Å². The molecule has 1 saturated heterocycles. The summed E-state index contributed by atoms with van der Waals surface area (Å²) in [6.07, 6.45) is 0. The SMILES string of the molecule is COC(=O)[C@@H]1C(=O)OC(C)(C)[C@H]1c1ccccc1. The van der Waals surface area contributed by atoms with Crippen molar-refractivity contribution < 1.29 is 19.1 Å². The molecule has 4 nitrogen and oxygen atoms in total. The zero-order valence-electron chi connectivity index (χ0n) is 10.7. The Labute approximate surface area is 106 Å². The minimum atomic E-state index is -0.882. The third kappa shape index (κ3) is 1.98. The summed E-state index contributed by atoms with van der Waals surface area (Å²) in [6, 6.07) is 9.43. The molecule has 0 radical (unpaired) electrons. The molecule has 0 N–H and O–H groups in total. The molecule has 0 aromatic heterocycles. The maximum absolute atomic E-state index is 11.9. The van der Waals surface area contributed by atoms with Gasteiger partial charge in [-0.15, -0.1) is 0 Å². The molecule has 1 aromatic rings. The Hall–Kier alpha value is -1.84. The smallest absolute Gasteiger partial charge is 0.321 e. The van der Waals surface area contributed by atoms with Crippen molar-refractivity contribution in [2.24, 2.45) is 5.92 Å². The first-order valence-electron chi connectivity index (χ1n) is 5.83. The van der Waals surface area contributed by atoms with E-state index in [2.05, 4.69) is 0 Å². The fourth-order valence-electron chi connectivity index (χ4n) is 2.54. The van der Waals surface area contributed by atoms with E-state index in [1.165, 1.54) is 7.11 Å². The normalized spacial score (nSPS) is 25.6. The Bertz CT molecular complexity index is 464. The van der Waals surface area contributed by atoms with Crippen molar-refractivity contribution in [1.29, 1.82) is 0 Å². The molecule has 0 bridgehead atoms. The van der Waals surface area contributed by atoms with Gasteiger partial charge in [-0.2, -0.15) is 0 Å². The number of methoxy groups -OCH3 is 1. The molecule has 1 aliphatic rings. The van der Waals surface area contributed by atoms with E-state index in [1.54, 1.807) is 0 Å². The Morgan fingerprint density at radius 1 is 1.28 bits per heavy atom. The van der Waals surface area contributed by atoms with Gasteiger partial charge >= 0.3 is 11.9 Å². The van der Waals surface area contributed by atoms with Gasteiger partial charge in [-0.05, 0) is 19.4 Å². The van der Waals surface area contributed by atoms with Crippen LogP contribution < -0.4 is 0 Å². The number of cyclic esters (lactones) is 1. The van der Waals surface area contributed by atoms with Crippen LogP contribution in [0.4, 0.5) is 0 Å². The van der Waals surface area contributed by atoms with Gasteiger partial charge in [-0.3, -0.25) is 9.59 Å². The van der Waals surface area contributed by atoms with Gasteiger partial charge in [-0.1, -0.05) is 30.3 Å². The first kappa shape index (κ1) is 12.6. The number of esters is 2. The molecule has 4 heteroatoms. The van der Waals surface area contributed by atoms with Gasteiger partial charge in [0.15, 0.2) is 5.92 Å². The van der Waals surface area contributed by atoms with Crippen LogP contribution in [0.15, 0.2) is 30.3 Å². The number of carbonyl (C=O) groups excluding carboxylic acids is 2. The highest BCUT2D eigenvalue weighted by molar-refractivity contribution is 5.98. The summed E-state index contributed by atoms with van der Waals surface area (Å²) in [5, 5.41) is 0. The fourth-order valence-corrected chi connectivity index (χ4v) is 2.54. The standard InChI is InChI=1S/C14H16O4/c1-14(2)11(9-7-5-4-6-8-9)10(12(15)17-3)13(16)18-14/h4-8,10-11H,1-3H3/t10-,11+/m1/s1. The van der Waals surface area contributed by atoms with E-state index in [0.29, 0.717) is 0 Å². The second-order valence-electron chi connectivity index (χ2n) is 4.91. The third-order valence-electron chi connectivity index (χ3n) is 3.31. The lowest BCUT2D eigenvalue weighted by atomic mass is 9.78. The first-order valence-corrected chi connectivity index (χ1v) is 5.83. The Morgan fingerprint density at radius 2 is 1.89 bits per heavy atom. The highest BCUT2D eigenvalue weighted by Crippen LogP contribution is 2.44. The molecule has 0 unspecified atom stereocenters. The molecule has 0 aliphatic carbocycles. The number of carbonyl (C=O) groups is 2. The summed E-state index contributed by atoms with van der Waals surface area (Å²) in [7, 11) is 1.28. The lowest BCUT2D eigenvalue weighted by Crippen LogP contribution is -2.31. The molecule has 96 valence electrons. The summed E-state index contributed by atoms with van der Waals surface area (Å²) in [6.45, 7) is 3.62. The summed E-state index contributed by atoms with van der Waals surface area (Å²) < 4.78 is 10.0. The minimum Gasteiger partial charge on any atom is -0.468 e. The van der Waals surface area contributed by atoms with Gasteiger partial charge in [0.1, 0.15) is 5.60 Å². The molecule has 2 atom stereocenters. The quantitative estimate of drug-likeness (QED) is 0.592. The van der Waals surface area contributed by atoms with Crippen LogP contribution in [0.5, 0.6) is 0 Å². The Balaban J connectivity index is 2.45. The van der Waals surface area contributed by atoms with Crippen LogP contribution >= 0.6 is 0 Å². The van der Waals surface area contributed by atoms with Crippen molar-refractivity contribution >= 4 is 11.9 Å². The fraction of sp³-hybridized carbons (Fsp3) is 0.429. The lowest BCUT2D eigenvalue weighted by Gasteiger charge is -2.26. The van der Waals surface area contributed by atoms with Crippen LogP contribution in [-0.2, 0) is 19.1 Å². The number of rotatable bonds is 2. The van der Waals surface area contributed by atoms with Crippen molar-refractivity contribution in [1.82, 2.24) is 0 Å². The van der Waals surface area contributed by atoms with Gasteiger partial charge in [-0.25, -0.2) is 0 Å². The summed E-state index contributed by atoms with van der Waals surface area (Å²) in [5.41, 5.74) is 0.195. The highest BCUT2D eigenvalue weighted by Gasteiger charge is 2.54.